The molecule has 0 saturated carbocycles. The molecule has 0 atom stereocenters. The standard InChI is InChI=1S/C20H19FN2O2/c1-20(2,15-10-6-7-11-16(15)21)13-22-19(24)17-12-18(25-23-17)14-8-4-3-5-9-14/h3-12H,13H2,1-2H3,(H,22,24). The lowest BCUT2D eigenvalue weighted by molar-refractivity contribution is 0.0936. The molecule has 3 rings (SSSR count). The van der Waals surface area contributed by atoms with Gasteiger partial charge < -0.3 is 9.84 Å². The van der Waals surface area contributed by atoms with E-state index in [1.807, 2.05) is 44.2 Å². The van der Waals surface area contributed by atoms with Gasteiger partial charge in [0.15, 0.2) is 11.5 Å². The van der Waals surface area contributed by atoms with Crippen LogP contribution < -0.4 is 5.32 Å². The Morgan fingerprint density at radius 2 is 1.80 bits per heavy atom. The van der Waals surface area contributed by atoms with Gasteiger partial charge in [-0.2, -0.15) is 0 Å². The Bertz CT molecular complexity index is 872. The van der Waals surface area contributed by atoms with E-state index in [4.69, 9.17) is 4.52 Å². The van der Waals surface area contributed by atoms with Crippen LogP contribution in [0.3, 0.4) is 0 Å². The molecular weight excluding hydrogens is 319 g/mol. The van der Waals surface area contributed by atoms with E-state index in [1.54, 1.807) is 24.3 Å². The molecule has 0 aliphatic heterocycles. The van der Waals surface area contributed by atoms with Gasteiger partial charge in [-0.25, -0.2) is 4.39 Å². The molecule has 128 valence electrons. The van der Waals surface area contributed by atoms with Crippen molar-refractivity contribution in [2.75, 3.05) is 6.54 Å². The van der Waals surface area contributed by atoms with Gasteiger partial charge in [-0.1, -0.05) is 67.5 Å². The molecule has 0 spiro atoms. The highest BCUT2D eigenvalue weighted by molar-refractivity contribution is 5.93. The number of amides is 1. The van der Waals surface area contributed by atoms with Crippen molar-refractivity contribution >= 4 is 5.91 Å². The minimum Gasteiger partial charge on any atom is -0.355 e. The molecule has 25 heavy (non-hydrogen) atoms. The second kappa shape index (κ2) is 6.89. The van der Waals surface area contributed by atoms with Gasteiger partial charge in [0.1, 0.15) is 5.82 Å². The number of hydrogen-bond acceptors (Lipinski definition) is 3. The van der Waals surface area contributed by atoms with E-state index in [-0.39, 0.29) is 24.0 Å². The maximum absolute atomic E-state index is 14.0. The van der Waals surface area contributed by atoms with Crippen LogP contribution in [0, 0.1) is 5.82 Å². The van der Waals surface area contributed by atoms with Crippen LogP contribution in [0.25, 0.3) is 11.3 Å². The first kappa shape index (κ1) is 16.9. The molecule has 0 saturated heterocycles. The van der Waals surface area contributed by atoms with Crippen molar-refractivity contribution in [1.29, 1.82) is 0 Å². The van der Waals surface area contributed by atoms with Crippen LogP contribution in [0.2, 0.25) is 0 Å². The largest absolute Gasteiger partial charge is 0.355 e. The maximum atomic E-state index is 14.0. The van der Waals surface area contributed by atoms with Gasteiger partial charge in [0, 0.05) is 23.6 Å². The molecule has 2 aromatic carbocycles. The van der Waals surface area contributed by atoms with Crippen molar-refractivity contribution in [3.05, 3.63) is 77.7 Å². The third-order valence-corrected chi connectivity index (χ3v) is 4.09. The smallest absolute Gasteiger partial charge is 0.273 e. The Morgan fingerprint density at radius 3 is 2.52 bits per heavy atom. The third kappa shape index (κ3) is 3.76. The fourth-order valence-corrected chi connectivity index (χ4v) is 2.62. The van der Waals surface area contributed by atoms with Crippen molar-refractivity contribution in [3.63, 3.8) is 0 Å². The van der Waals surface area contributed by atoms with Crippen LogP contribution in [0.4, 0.5) is 4.39 Å². The van der Waals surface area contributed by atoms with Gasteiger partial charge in [0.05, 0.1) is 0 Å². The number of aromatic nitrogens is 1. The highest BCUT2D eigenvalue weighted by Gasteiger charge is 2.25. The molecule has 1 heterocycles. The maximum Gasteiger partial charge on any atom is 0.273 e. The van der Waals surface area contributed by atoms with E-state index in [9.17, 15) is 9.18 Å². The first-order valence-electron chi connectivity index (χ1n) is 8.03. The molecule has 5 heteroatoms. The van der Waals surface area contributed by atoms with Crippen molar-refractivity contribution < 1.29 is 13.7 Å². The Balaban J connectivity index is 1.69. The van der Waals surface area contributed by atoms with E-state index in [2.05, 4.69) is 10.5 Å². The van der Waals surface area contributed by atoms with Crippen LogP contribution in [-0.4, -0.2) is 17.6 Å². The fraction of sp³-hybridized carbons (Fsp3) is 0.200. The quantitative estimate of drug-likeness (QED) is 0.759. The monoisotopic (exact) mass is 338 g/mol. The van der Waals surface area contributed by atoms with E-state index >= 15 is 0 Å². The average molecular weight is 338 g/mol. The van der Waals surface area contributed by atoms with Crippen LogP contribution in [0.5, 0.6) is 0 Å². The van der Waals surface area contributed by atoms with E-state index < -0.39 is 5.41 Å². The predicted molar refractivity (Wildman–Crippen MR) is 93.7 cm³/mol. The topological polar surface area (TPSA) is 55.1 Å². The van der Waals surface area contributed by atoms with Crippen molar-refractivity contribution in [2.24, 2.45) is 0 Å². The second-order valence-corrected chi connectivity index (χ2v) is 6.49. The van der Waals surface area contributed by atoms with E-state index in [0.29, 0.717) is 11.3 Å². The van der Waals surface area contributed by atoms with Crippen LogP contribution in [-0.2, 0) is 5.41 Å². The number of nitrogens with zero attached hydrogens (tertiary/aromatic N) is 1. The van der Waals surface area contributed by atoms with Crippen LogP contribution in [0.15, 0.2) is 65.2 Å². The summed E-state index contributed by atoms with van der Waals surface area (Å²) in [5, 5.41) is 6.62. The summed E-state index contributed by atoms with van der Waals surface area (Å²) >= 11 is 0. The first-order valence-corrected chi connectivity index (χ1v) is 8.03. The predicted octanol–water partition coefficient (Wildman–Crippen LogP) is 4.19. The number of halogens is 1. The molecule has 0 unspecified atom stereocenters. The summed E-state index contributed by atoms with van der Waals surface area (Å²) in [6, 6.07) is 17.6. The lowest BCUT2D eigenvalue weighted by atomic mass is 9.84. The number of benzene rings is 2. The zero-order valence-electron chi connectivity index (χ0n) is 14.1. The highest BCUT2D eigenvalue weighted by atomic mass is 19.1. The normalized spacial score (nSPS) is 11.3. The Kier molecular flexibility index (Phi) is 4.65. The van der Waals surface area contributed by atoms with Gasteiger partial charge in [0.25, 0.3) is 5.91 Å². The average Bonchev–Trinajstić information content (AvgIpc) is 3.11. The summed E-state index contributed by atoms with van der Waals surface area (Å²) in [6.07, 6.45) is 0. The number of rotatable bonds is 5. The number of nitrogens with one attached hydrogen (secondary N) is 1. The summed E-state index contributed by atoms with van der Waals surface area (Å²) in [5.74, 6) is -0.107. The minimum atomic E-state index is -0.549. The Hall–Kier alpha value is -2.95. The lowest BCUT2D eigenvalue weighted by Gasteiger charge is -2.25. The molecule has 0 aliphatic rings. The van der Waals surface area contributed by atoms with Gasteiger partial charge >= 0.3 is 0 Å². The molecule has 0 bridgehead atoms. The number of hydrogen-bond donors (Lipinski definition) is 1. The van der Waals surface area contributed by atoms with Crippen molar-refractivity contribution in [1.82, 2.24) is 10.5 Å². The molecule has 0 radical (unpaired) electrons. The van der Waals surface area contributed by atoms with Gasteiger partial charge in [-0.15, -0.1) is 0 Å². The van der Waals surface area contributed by atoms with Gasteiger partial charge in [-0.05, 0) is 11.6 Å². The van der Waals surface area contributed by atoms with Gasteiger partial charge in [0.2, 0.25) is 0 Å². The Labute approximate surface area is 145 Å². The summed E-state index contributed by atoms with van der Waals surface area (Å²) in [5.41, 5.74) is 1.05. The summed E-state index contributed by atoms with van der Waals surface area (Å²) < 4.78 is 19.2. The fourth-order valence-electron chi connectivity index (χ4n) is 2.62. The zero-order chi connectivity index (χ0) is 17.9. The van der Waals surface area contributed by atoms with Crippen LogP contribution in [0.1, 0.15) is 29.9 Å². The van der Waals surface area contributed by atoms with Crippen molar-refractivity contribution in [3.8, 4) is 11.3 Å². The molecule has 1 amide bonds. The summed E-state index contributed by atoms with van der Waals surface area (Å²) in [6.45, 7) is 4.04. The van der Waals surface area contributed by atoms with E-state index in [1.165, 1.54) is 6.07 Å². The summed E-state index contributed by atoms with van der Waals surface area (Å²) in [4.78, 5) is 12.3. The lowest BCUT2D eigenvalue weighted by Crippen LogP contribution is -2.37. The second-order valence-electron chi connectivity index (χ2n) is 6.49. The van der Waals surface area contributed by atoms with Gasteiger partial charge in [-0.3, -0.25) is 4.79 Å². The molecular formula is C20H19FN2O2. The third-order valence-electron chi connectivity index (χ3n) is 4.09. The number of carbonyl (C=O) groups excluding carboxylic acids is 1. The first-order chi connectivity index (χ1) is 12.0. The Morgan fingerprint density at radius 1 is 1.12 bits per heavy atom. The SMILES string of the molecule is CC(C)(CNC(=O)c1cc(-c2ccccc2)on1)c1ccccc1F. The molecule has 3 aromatic rings. The highest BCUT2D eigenvalue weighted by Crippen LogP contribution is 2.25. The molecule has 0 aliphatic carbocycles. The molecule has 1 N–H and O–H groups in total. The summed E-state index contributed by atoms with van der Waals surface area (Å²) in [7, 11) is 0. The molecule has 4 nitrogen and oxygen atoms in total. The minimum absolute atomic E-state index is 0.197. The number of carbonyl (C=O) groups is 1. The van der Waals surface area contributed by atoms with Crippen molar-refractivity contribution in [2.45, 2.75) is 19.3 Å². The van der Waals surface area contributed by atoms with Crippen LogP contribution >= 0.6 is 0 Å². The zero-order valence-corrected chi connectivity index (χ0v) is 14.1. The molecule has 1 aromatic heterocycles. The van der Waals surface area contributed by atoms with E-state index in [0.717, 1.165) is 5.56 Å². The molecule has 0 fully saturated rings.